The van der Waals surface area contributed by atoms with Crippen molar-refractivity contribution in [3.8, 4) is 0 Å². The quantitative estimate of drug-likeness (QED) is 0.779. The Morgan fingerprint density at radius 3 is 2.12 bits per heavy atom. The maximum Gasteiger partial charge on any atom is 0.117 e. The third kappa shape index (κ3) is 4.55. The van der Waals surface area contributed by atoms with Crippen LogP contribution in [0.3, 0.4) is 0 Å². The fraction of sp³-hybridized carbons (Fsp3) is 0.733. The normalized spacial score (nSPS) is 12.0. The van der Waals surface area contributed by atoms with E-state index in [-0.39, 0.29) is 0 Å². The van der Waals surface area contributed by atoms with Crippen molar-refractivity contribution in [3.63, 3.8) is 0 Å². The molecule has 0 amide bonds. The lowest BCUT2D eigenvalue weighted by Gasteiger charge is -2.24. The number of rotatable bonds is 7. The van der Waals surface area contributed by atoms with Gasteiger partial charge in [-0.1, -0.05) is 34.6 Å². The zero-order valence-corrected chi connectivity index (χ0v) is 11.9. The molecule has 0 aliphatic rings. The zero-order valence-electron chi connectivity index (χ0n) is 11.9. The van der Waals surface area contributed by atoms with Crippen molar-refractivity contribution < 1.29 is 4.42 Å². The molecule has 0 radical (unpaired) electrons. The van der Waals surface area contributed by atoms with Crippen molar-refractivity contribution in [2.24, 2.45) is 17.8 Å². The molecule has 0 aliphatic carbocycles. The van der Waals surface area contributed by atoms with Gasteiger partial charge in [0.1, 0.15) is 11.5 Å². The van der Waals surface area contributed by atoms with Crippen LogP contribution in [0, 0.1) is 17.8 Å². The second-order valence-electron chi connectivity index (χ2n) is 5.50. The van der Waals surface area contributed by atoms with Crippen LogP contribution in [0.1, 0.15) is 46.1 Å². The van der Waals surface area contributed by atoms with Crippen LogP contribution in [0.4, 0.5) is 0 Å². The van der Waals surface area contributed by atoms with Crippen LogP contribution in [-0.4, -0.2) is 6.54 Å². The predicted octanol–water partition coefficient (Wildman–Crippen LogP) is 3.86. The van der Waals surface area contributed by atoms with E-state index >= 15 is 0 Å². The summed E-state index contributed by atoms with van der Waals surface area (Å²) < 4.78 is 5.67. The molecule has 2 nitrogen and oxygen atoms in total. The van der Waals surface area contributed by atoms with E-state index in [2.05, 4.69) is 52.1 Å². The van der Waals surface area contributed by atoms with Crippen LogP contribution in [-0.2, 0) is 13.0 Å². The average Bonchev–Trinajstić information content (AvgIpc) is 2.71. The van der Waals surface area contributed by atoms with Gasteiger partial charge in [0.2, 0.25) is 0 Å². The minimum Gasteiger partial charge on any atom is -0.465 e. The van der Waals surface area contributed by atoms with Gasteiger partial charge in [-0.15, -0.1) is 0 Å². The van der Waals surface area contributed by atoms with E-state index in [9.17, 15) is 0 Å². The fourth-order valence-corrected chi connectivity index (χ4v) is 2.31. The Bertz CT molecular complexity index is 306. The molecule has 0 saturated carbocycles. The Hall–Kier alpha value is -0.760. The fourth-order valence-electron chi connectivity index (χ4n) is 2.31. The van der Waals surface area contributed by atoms with E-state index in [0.717, 1.165) is 48.8 Å². The first-order valence-corrected chi connectivity index (χ1v) is 6.82. The van der Waals surface area contributed by atoms with Crippen molar-refractivity contribution in [1.82, 2.24) is 5.32 Å². The molecule has 0 saturated heterocycles. The number of nitrogens with one attached hydrogen (secondary N) is 1. The van der Waals surface area contributed by atoms with Crippen LogP contribution in [0.25, 0.3) is 0 Å². The molecule has 1 aromatic rings. The van der Waals surface area contributed by atoms with Crippen LogP contribution in [0.5, 0.6) is 0 Å². The molecule has 0 aromatic carbocycles. The monoisotopic (exact) mass is 237 g/mol. The summed E-state index contributed by atoms with van der Waals surface area (Å²) in [7, 11) is 0. The molecule has 1 aromatic heterocycles. The lowest BCUT2D eigenvalue weighted by Crippen LogP contribution is -2.29. The standard InChI is InChI=1S/C15H27NO/c1-6-13-7-8-14(17-13)9-16-10-15(11(2)3)12(4)5/h7-8,11-12,15-16H,6,9-10H2,1-5H3. The molecule has 0 atom stereocenters. The van der Waals surface area contributed by atoms with Gasteiger partial charge >= 0.3 is 0 Å². The summed E-state index contributed by atoms with van der Waals surface area (Å²) in [6.45, 7) is 13.2. The first-order valence-electron chi connectivity index (χ1n) is 6.82. The van der Waals surface area contributed by atoms with Crippen molar-refractivity contribution in [2.75, 3.05) is 6.54 Å². The molecular weight excluding hydrogens is 210 g/mol. The molecule has 1 rings (SSSR count). The number of hydrogen-bond donors (Lipinski definition) is 1. The summed E-state index contributed by atoms with van der Waals surface area (Å²) in [5.74, 6) is 4.31. The van der Waals surface area contributed by atoms with Crippen molar-refractivity contribution in [2.45, 2.75) is 47.6 Å². The Balaban J connectivity index is 2.35. The van der Waals surface area contributed by atoms with E-state index < -0.39 is 0 Å². The minimum atomic E-state index is 0.727. The number of hydrogen-bond acceptors (Lipinski definition) is 2. The highest BCUT2D eigenvalue weighted by molar-refractivity contribution is 5.06. The van der Waals surface area contributed by atoms with E-state index in [1.165, 1.54) is 0 Å². The van der Waals surface area contributed by atoms with E-state index in [4.69, 9.17) is 4.42 Å². The number of aryl methyl sites for hydroxylation is 1. The lowest BCUT2D eigenvalue weighted by atomic mass is 9.85. The third-order valence-corrected chi connectivity index (χ3v) is 3.46. The minimum absolute atomic E-state index is 0.727. The largest absolute Gasteiger partial charge is 0.465 e. The van der Waals surface area contributed by atoms with E-state index in [1.54, 1.807) is 0 Å². The molecule has 0 fully saturated rings. The van der Waals surface area contributed by atoms with Crippen LogP contribution < -0.4 is 5.32 Å². The number of furan rings is 1. The molecule has 1 N–H and O–H groups in total. The van der Waals surface area contributed by atoms with Crippen LogP contribution in [0.15, 0.2) is 16.5 Å². The van der Waals surface area contributed by atoms with E-state index in [1.807, 2.05) is 0 Å². The van der Waals surface area contributed by atoms with Crippen molar-refractivity contribution in [3.05, 3.63) is 23.7 Å². The molecule has 17 heavy (non-hydrogen) atoms. The van der Waals surface area contributed by atoms with Gasteiger partial charge in [0.05, 0.1) is 6.54 Å². The zero-order chi connectivity index (χ0) is 12.8. The highest BCUT2D eigenvalue weighted by Gasteiger charge is 2.16. The molecule has 0 aliphatic heterocycles. The highest BCUT2D eigenvalue weighted by Crippen LogP contribution is 2.19. The molecule has 0 bridgehead atoms. The summed E-state index contributed by atoms with van der Waals surface area (Å²) in [6.07, 6.45) is 0.973. The van der Waals surface area contributed by atoms with Crippen molar-refractivity contribution in [1.29, 1.82) is 0 Å². The molecule has 2 heteroatoms. The van der Waals surface area contributed by atoms with Gasteiger partial charge in [-0.05, 0) is 36.4 Å². The second-order valence-corrected chi connectivity index (χ2v) is 5.50. The summed E-state index contributed by atoms with van der Waals surface area (Å²) >= 11 is 0. The average molecular weight is 237 g/mol. The van der Waals surface area contributed by atoms with Gasteiger partial charge in [0.15, 0.2) is 0 Å². The summed E-state index contributed by atoms with van der Waals surface area (Å²) in [6, 6.07) is 4.14. The first kappa shape index (κ1) is 14.3. The first-order chi connectivity index (χ1) is 8.04. The molecule has 98 valence electrons. The Morgan fingerprint density at radius 1 is 1.06 bits per heavy atom. The third-order valence-electron chi connectivity index (χ3n) is 3.46. The maximum atomic E-state index is 5.67. The molecule has 1 heterocycles. The van der Waals surface area contributed by atoms with Crippen molar-refractivity contribution >= 4 is 0 Å². The molecule has 0 unspecified atom stereocenters. The van der Waals surface area contributed by atoms with Gasteiger partial charge in [-0.3, -0.25) is 0 Å². The Kier molecular flexibility index (Phi) is 5.76. The summed E-state index contributed by atoms with van der Waals surface area (Å²) in [4.78, 5) is 0. The second kappa shape index (κ2) is 6.85. The Morgan fingerprint density at radius 2 is 1.65 bits per heavy atom. The summed E-state index contributed by atoms with van der Waals surface area (Å²) in [5, 5.41) is 3.51. The molecule has 0 spiro atoms. The van der Waals surface area contributed by atoms with Gasteiger partial charge in [-0.2, -0.15) is 0 Å². The molecular formula is C15H27NO. The predicted molar refractivity (Wildman–Crippen MR) is 73.0 cm³/mol. The van der Waals surface area contributed by atoms with Gasteiger partial charge in [0, 0.05) is 6.42 Å². The van der Waals surface area contributed by atoms with Gasteiger partial charge in [-0.25, -0.2) is 0 Å². The smallest absolute Gasteiger partial charge is 0.117 e. The topological polar surface area (TPSA) is 25.2 Å². The Labute approximate surface area is 106 Å². The highest BCUT2D eigenvalue weighted by atomic mass is 16.3. The van der Waals surface area contributed by atoms with Gasteiger partial charge in [0.25, 0.3) is 0 Å². The summed E-state index contributed by atoms with van der Waals surface area (Å²) in [5.41, 5.74) is 0. The van der Waals surface area contributed by atoms with Gasteiger partial charge < -0.3 is 9.73 Å². The van der Waals surface area contributed by atoms with E-state index in [0.29, 0.717) is 0 Å². The van der Waals surface area contributed by atoms with Crippen LogP contribution >= 0.6 is 0 Å². The van der Waals surface area contributed by atoms with Crippen LogP contribution in [0.2, 0.25) is 0 Å². The SMILES string of the molecule is CCc1ccc(CNCC(C(C)C)C(C)C)o1. The lowest BCUT2D eigenvalue weighted by molar-refractivity contribution is 0.272. The maximum absolute atomic E-state index is 5.67.